The van der Waals surface area contributed by atoms with Crippen LogP contribution in [0.1, 0.15) is 63.6 Å². The van der Waals surface area contributed by atoms with Gasteiger partial charge in [0.2, 0.25) is 5.91 Å². The summed E-state index contributed by atoms with van der Waals surface area (Å²) in [4.78, 5) is 21.6. The van der Waals surface area contributed by atoms with Crippen molar-refractivity contribution in [3.05, 3.63) is 16.1 Å². The van der Waals surface area contributed by atoms with E-state index >= 15 is 0 Å². The number of methoxy groups -OCH3 is 1. The van der Waals surface area contributed by atoms with E-state index < -0.39 is 5.60 Å². The van der Waals surface area contributed by atoms with Gasteiger partial charge >= 0.3 is 0 Å². The molecule has 1 atom stereocenters. The molecule has 0 spiro atoms. The van der Waals surface area contributed by atoms with Crippen molar-refractivity contribution in [2.75, 3.05) is 33.4 Å². The van der Waals surface area contributed by atoms with Crippen molar-refractivity contribution in [1.29, 1.82) is 0 Å². The van der Waals surface area contributed by atoms with E-state index in [2.05, 4.69) is 25.7 Å². The fourth-order valence-corrected chi connectivity index (χ4v) is 5.11. The third-order valence-corrected chi connectivity index (χ3v) is 6.68. The van der Waals surface area contributed by atoms with Crippen LogP contribution in [0.25, 0.3) is 0 Å². The van der Waals surface area contributed by atoms with Gasteiger partial charge in [-0.2, -0.15) is 0 Å². The highest BCUT2D eigenvalue weighted by molar-refractivity contribution is 7.09. The van der Waals surface area contributed by atoms with Crippen molar-refractivity contribution in [3.8, 4) is 0 Å². The molecule has 158 valence electrons. The number of nitrogens with zero attached hydrogens (tertiary/aromatic N) is 3. The molecule has 1 unspecified atom stereocenters. The van der Waals surface area contributed by atoms with Crippen LogP contribution in [0, 0.1) is 5.41 Å². The van der Waals surface area contributed by atoms with Crippen molar-refractivity contribution in [2.24, 2.45) is 5.41 Å². The molecule has 0 saturated carbocycles. The summed E-state index contributed by atoms with van der Waals surface area (Å²) >= 11 is 1.63. The van der Waals surface area contributed by atoms with Crippen molar-refractivity contribution >= 4 is 17.2 Å². The molecule has 3 heterocycles. The number of carbonyl (C=O) groups is 1. The van der Waals surface area contributed by atoms with Crippen LogP contribution in [-0.4, -0.2) is 65.2 Å². The number of aliphatic hydroxyl groups is 1. The molecule has 1 aromatic rings. The summed E-state index contributed by atoms with van der Waals surface area (Å²) in [6.07, 6.45) is 4.04. The minimum absolute atomic E-state index is 0.00903. The Morgan fingerprint density at radius 3 is 2.71 bits per heavy atom. The molecule has 2 fully saturated rings. The molecule has 0 aromatic carbocycles. The Morgan fingerprint density at radius 2 is 2.07 bits per heavy atom. The molecule has 2 aliphatic rings. The van der Waals surface area contributed by atoms with Crippen LogP contribution in [0.3, 0.4) is 0 Å². The SMILES string of the molecule is COCC1CCCN1Cc1nc(C2(O)CCN(C(=O)CC(C)(C)C)CC2)cs1. The Kier molecular flexibility index (Phi) is 6.80. The van der Waals surface area contributed by atoms with Gasteiger partial charge < -0.3 is 14.7 Å². The van der Waals surface area contributed by atoms with Gasteiger partial charge in [0.15, 0.2) is 0 Å². The van der Waals surface area contributed by atoms with E-state index in [9.17, 15) is 9.90 Å². The first-order chi connectivity index (χ1) is 13.2. The first-order valence-corrected chi connectivity index (χ1v) is 11.3. The van der Waals surface area contributed by atoms with Gasteiger partial charge in [0.25, 0.3) is 0 Å². The number of hydrogen-bond donors (Lipinski definition) is 1. The molecule has 7 heteroatoms. The molecule has 0 aliphatic carbocycles. The Labute approximate surface area is 172 Å². The minimum Gasteiger partial charge on any atom is -0.383 e. The standard InChI is InChI=1S/C21H35N3O3S/c1-20(2,3)12-19(25)23-10-7-21(26,8-11-23)17-15-28-18(22-17)13-24-9-5-6-16(24)14-27-4/h15-16,26H,5-14H2,1-4H3. The lowest BCUT2D eigenvalue weighted by Crippen LogP contribution is -2.46. The predicted octanol–water partition coefficient (Wildman–Crippen LogP) is 3.00. The van der Waals surface area contributed by atoms with Crippen LogP contribution in [0.5, 0.6) is 0 Å². The lowest BCUT2D eigenvalue weighted by atomic mass is 9.87. The molecular formula is C21H35N3O3S. The monoisotopic (exact) mass is 409 g/mol. The highest BCUT2D eigenvalue weighted by atomic mass is 32.1. The number of piperidine rings is 1. The summed E-state index contributed by atoms with van der Waals surface area (Å²) in [5, 5.41) is 14.2. The maximum atomic E-state index is 12.5. The maximum absolute atomic E-state index is 12.5. The van der Waals surface area contributed by atoms with Gasteiger partial charge in [0, 0.05) is 38.0 Å². The zero-order valence-corrected chi connectivity index (χ0v) is 18.6. The average Bonchev–Trinajstić information content (AvgIpc) is 3.25. The molecule has 2 aliphatic heterocycles. The smallest absolute Gasteiger partial charge is 0.223 e. The maximum Gasteiger partial charge on any atom is 0.223 e. The minimum atomic E-state index is -0.912. The number of carbonyl (C=O) groups excluding carboxylic acids is 1. The van der Waals surface area contributed by atoms with Gasteiger partial charge in [-0.3, -0.25) is 9.69 Å². The van der Waals surface area contributed by atoms with Gasteiger partial charge in [0.1, 0.15) is 10.6 Å². The third-order valence-electron chi connectivity index (χ3n) is 5.85. The van der Waals surface area contributed by atoms with Crippen LogP contribution >= 0.6 is 11.3 Å². The second-order valence-corrected chi connectivity index (χ2v) is 10.4. The summed E-state index contributed by atoms with van der Waals surface area (Å²) < 4.78 is 5.34. The number of thiazole rings is 1. The largest absolute Gasteiger partial charge is 0.383 e. The van der Waals surface area contributed by atoms with Crippen LogP contribution in [0.4, 0.5) is 0 Å². The van der Waals surface area contributed by atoms with E-state index in [1.165, 1.54) is 12.8 Å². The summed E-state index contributed by atoms with van der Waals surface area (Å²) in [5.41, 5.74) is -0.146. The summed E-state index contributed by atoms with van der Waals surface area (Å²) in [6, 6.07) is 0.470. The molecule has 1 N–H and O–H groups in total. The zero-order valence-electron chi connectivity index (χ0n) is 17.7. The van der Waals surface area contributed by atoms with Crippen molar-refractivity contribution < 1.29 is 14.6 Å². The number of aromatic nitrogens is 1. The number of rotatable bonds is 6. The van der Waals surface area contributed by atoms with Crippen LogP contribution in [-0.2, 0) is 21.7 Å². The predicted molar refractivity (Wildman–Crippen MR) is 111 cm³/mol. The van der Waals surface area contributed by atoms with Crippen LogP contribution in [0.15, 0.2) is 5.38 Å². The fraction of sp³-hybridized carbons (Fsp3) is 0.810. The van der Waals surface area contributed by atoms with E-state index in [4.69, 9.17) is 9.72 Å². The third kappa shape index (κ3) is 5.32. The molecular weight excluding hydrogens is 374 g/mol. The van der Waals surface area contributed by atoms with E-state index in [1.807, 2.05) is 10.3 Å². The number of amides is 1. The van der Waals surface area contributed by atoms with Crippen molar-refractivity contribution in [1.82, 2.24) is 14.8 Å². The molecule has 3 rings (SSSR count). The normalized spacial score (nSPS) is 23.3. The average molecular weight is 410 g/mol. The first-order valence-electron chi connectivity index (χ1n) is 10.4. The summed E-state index contributed by atoms with van der Waals surface area (Å²) in [6.45, 7) is 10.1. The summed E-state index contributed by atoms with van der Waals surface area (Å²) in [7, 11) is 1.76. The number of hydrogen-bond acceptors (Lipinski definition) is 6. The molecule has 2 saturated heterocycles. The first kappa shape index (κ1) is 21.7. The highest BCUT2D eigenvalue weighted by Crippen LogP contribution is 2.35. The Balaban J connectivity index is 1.57. The summed E-state index contributed by atoms with van der Waals surface area (Å²) in [5.74, 6) is 0.187. The quantitative estimate of drug-likeness (QED) is 0.782. The number of likely N-dealkylation sites (tertiary alicyclic amines) is 2. The number of ether oxygens (including phenoxy) is 1. The van der Waals surface area contributed by atoms with Crippen LogP contribution < -0.4 is 0 Å². The van der Waals surface area contributed by atoms with Gasteiger partial charge in [-0.1, -0.05) is 20.8 Å². The van der Waals surface area contributed by atoms with E-state index in [-0.39, 0.29) is 11.3 Å². The van der Waals surface area contributed by atoms with E-state index in [0.717, 1.165) is 30.4 Å². The molecule has 6 nitrogen and oxygen atoms in total. The zero-order chi connectivity index (χ0) is 20.4. The Bertz CT molecular complexity index is 662. The second kappa shape index (κ2) is 8.78. The van der Waals surface area contributed by atoms with E-state index in [1.54, 1.807) is 18.4 Å². The van der Waals surface area contributed by atoms with E-state index in [0.29, 0.717) is 38.4 Å². The molecule has 1 amide bonds. The molecule has 1 aromatic heterocycles. The lowest BCUT2D eigenvalue weighted by Gasteiger charge is -2.38. The van der Waals surface area contributed by atoms with Crippen molar-refractivity contribution in [2.45, 2.75) is 71.1 Å². The lowest BCUT2D eigenvalue weighted by molar-refractivity contribution is -0.137. The Morgan fingerprint density at radius 1 is 1.36 bits per heavy atom. The molecule has 28 heavy (non-hydrogen) atoms. The molecule has 0 bridgehead atoms. The second-order valence-electron chi connectivity index (χ2n) is 9.50. The topological polar surface area (TPSA) is 65.9 Å². The van der Waals surface area contributed by atoms with Gasteiger partial charge in [-0.15, -0.1) is 11.3 Å². The van der Waals surface area contributed by atoms with Crippen molar-refractivity contribution in [3.63, 3.8) is 0 Å². The van der Waals surface area contributed by atoms with Gasteiger partial charge in [-0.25, -0.2) is 4.98 Å². The van der Waals surface area contributed by atoms with Gasteiger partial charge in [-0.05, 0) is 37.6 Å². The highest BCUT2D eigenvalue weighted by Gasteiger charge is 2.38. The fourth-order valence-electron chi connectivity index (χ4n) is 4.20. The van der Waals surface area contributed by atoms with Gasteiger partial charge in [0.05, 0.1) is 18.8 Å². The Hall–Kier alpha value is -1.02. The van der Waals surface area contributed by atoms with Crippen LogP contribution in [0.2, 0.25) is 0 Å². The molecule has 0 radical (unpaired) electrons.